The molecule has 1 fully saturated rings. The number of nitrogens with zero attached hydrogens (tertiary/aromatic N) is 1. The van der Waals surface area contributed by atoms with E-state index < -0.39 is 6.04 Å². The molecule has 0 radical (unpaired) electrons. The lowest BCUT2D eigenvalue weighted by molar-refractivity contribution is -0.145. The molecule has 1 unspecified atom stereocenters. The quantitative estimate of drug-likeness (QED) is 0.784. The van der Waals surface area contributed by atoms with Gasteiger partial charge >= 0.3 is 5.97 Å². The number of carbonyl (C=O) groups excluding carboxylic acids is 2. The maximum atomic E-state index is 12.7. The summed E-state index contributed by atoms with van der Waals surface area (Å²) in [6.45, 7) is 0.635. The Morgan fingerprint density at radius 1 is 1.14 bits per heavy atom. The van der Waals surface area contributed by atoms with E-state index in [0.29, 0.717) is 18.5 Å². The van der Waals surface area contributed by atoms with Gasteiger partial charge in [0.1, 0.15) is 6.04 Å². The third-order valence-corrected chi connectivity index (χ3v) is 4.58. The second-order valence-electron chi connectivity index (χ2n) is 5.87. The highest BCUT2D eigenvalue weighted by Crippen LogP contribution is 2.25. The summed E-state index contributed by atoms with van der Waals surface area (Å²) in [6, 6.07) is 5.58. The molecule has 112 valence electrons. The number of fused-ring (bicyclic) bond motifs is 1. The molecule has 3 rings (SSSR count). The van der Waals surface area contributed by atoms with Gasteiger partial charge in [-0.1, -0.05) is 6.07 Å². The first-order valence-electron chi connectivity index (χ1n) is 7.71. The van der Waals surface area contributed by atoms with Gasteiger partial charge in [-0.2, -0.15) is 0 Å². The third-order valence-electron chi connectivity index (χ3n) is 4.58. The molecule has 0 saturated carbocycles. The van der Waals surface area contributed by atoms with Crippen LogP contribution in [-0.4, -0.2) is 36.5 Å². The van der Waals surface area contributed by atoms with Gasteiger partial charge in [0, 0.05) is 12.1 Å². The SMILES string of the molecule is COC(=O)C1CCCN1C(=O)c1ccc2c(c1)CCCC2. The molecule has 1 amide bonds. The molecule has 1 atom stereocenters. The number of carbonyl (C=O) groups is 2. The van der Waals surface area contributed by atoms with Crippen molar-refractivity contribution in [3.63, 3.8) is 0 Å². The highest BCUT2D eigenvalue weighted by molar-refractivity contribution is 5.97. The minimum absolute atomic E-state index is 0.0451. The number of benzene rings is 1. The van der Waals surface area contributed by atoms with Gasteiger partial charge in [-0.3, -0.25) is 4.79 Å². The van der Waals surface area contributed by atoms with Crippen LogP contribution in [0.4, 0.5) is 0 Å². The van der Waals surface area contributed by atoms with Crippen molar-refractivity contribution >= 4 is 11.9 Å². The fraction of sp³-hybridized carbons (Fsp3) is 0.529. The van der Waals surface area contributed by atoms with E-state index in [1.54, 1.807) is 4.90 Å². The van der Waals surface area contributed by atoms with Crippen LogP contribution in [0, 0.1) is 0 Å². The first kappa shape index (κ1) is 14.1. The maximum Gasteiger partial charge on any atom is 0.328 e. The molecule has 1 aliphatic heterocycles. The smallest absolute Gasteiger partial charge is 0.328 e. The van der Waals surface area contributed by atoms with Gasteiger partial charge in [-0.25, -0.2) is 4.79 Å². The monoisotopic (exact) mass is 287 g/mol. The summed E-state index contributed by atoms with van der Waals surface area (Å²) in [5, 5.41) is 0. The fourth-order valence-corrected chi connectivity index (χ4v) is 3.42. The third kappa shape index (κ3) is 2.67. The molecular formula is C17H21NO3. The Hall–Kier alpha value is -1.84. The fourth-order valence-electron chi connectivity index (χ4n) is 3.42. The van der Waals surface area contributed by atoms with Crippen LogP contribution in [-0.2, 0) is 22.4 Å². The number of methoxy groups -OCH3 is 1. The number of amides is 1. The van der Waals surface area contributed by atoms with E-state index in [1.165, 1.54) is 31.1 Å². The number of hydrogen-bond donors (Lipinski definition) is 0. The molecule has 0 spiro atoms. The number of aryl methyl sites for hydroxylation is 2. The molecule has 1 aliphatic carbocycles. The van der Waals surface area contributed by atoms with Crippen LogP contribution in [0.3, 0.4) is 0 Å². The molecular weight excluding hydrogens is 266 g/mol. The second kappa shape index (κ2) is 5.88. The van der Waals surface area contributed by atoms with Gasteiger partial charge in [-0.05, 0) is 61.8 Å². The number of rotatable bonds is 2. The number of esters is 1. The van der Waals surface area contributed by atoms with E-state index in [-0.39, 0.29) is 11.9 Å². The van der Waals surface area contributed by atoms with Crippen molar-refractivity contribution in [3.8, 4) is 0 Å². The number of ether oxygens (including phenoxy) is 1. The van der Waals surface area contributed by atoms with Gasteiger partial charge in [-0.15, -0.1) is 0 Å². The van der Waals surface area contributed by atoms with Crippen molar-refractivity contribution in [3.05, 3.63) is 34.9 Å². The Bertz CT molecular complexity index is 567. The van der Waals surface area contributed by atoms with E-state index in [0.717, 1.165) is 19.3 Å². The zero-order valence-electron chi connectivity index (χ0n) is 12.4. The normalized spacial score (nSPS) is 21.0. The van der Waals surface area contributed by atoms with Crippen LogP contribution >= 0.6 is 0 Å². The molecule has 0 aromatic heterocycles. The summed E-state index contributed by atoms with van der Waals surface area (Å²) in [5.74, 6) is -0.352. The van der Waals surface area contributed by atoms with Crippen LogP contribution in [0.2, 0.25) is 0 Å². The van der Waals surface area contributed by atoms with Crippen molar-refractivity contribution in [2.45, 2.75) is 44.6 Å². The van der Waals surface area contributed by atoms with E-state index in [9.17, 15) is 9.59 Å². The van der Waals surface area contributed by atoms with E-state index >= 15 is 0 Å². The molecule has 1 aromatic rings. The molecule has 21 heavy (non-hydrogen) atoms. The van der Waals surface area contributed by atoms with Crippen molar-refractivity contribution in [2.24, 2.45) is 0 Å². The minimum atomic E-state index is -0.418. The highest BCUT2D eigenvalue weighted by atomic mass is 16.5. The van der Waals surface area contributed by atoms with Crippen LogP contribution in [0.15, 0.2) is 18.2 Å². The van der Waals surface area contributed by atoms with Crippen molar-refractivity contribution in [1.82, 2.24) is 4.90 Å². The topological polar surface area (TPSA) is 46.6 Å². The second-order valence-corrected chi connectivity index (χ2v) is 5.87. The molecule has 0 N–H and O–H groups in total. The molecule has 4 heteroatoms. The van der Waals surface area contributed by atoms with Gasteiger partial charge in [0.05, 0.1) is 7.11 Å². The van der Waals surface area contributed by atoms with Gasteiger partial charge in [0.15, 0.2) is 0 Å². The predicted octanol–water partition coefficient (Wildman–Crippen LogP) is 2.34. The molecule has 0 bridgehead atoms. The van der Waals surface area contributed by atoms with Crippen LogP contribution < -0.4 is 0 Å². The summed E-state index contributed by atoms with van der Waals surface area (Å²) in [7, 11) is 1.38. The summed E-state index contributed by atoms with van der Waals surface area (Å²) < 4.78 is 4.81. The average molecular weight is 287 g/mol. The predicted molar refractivity (Wildman–Crippen MR) is 79.2 cm³/mol. The molecule has 4 nitrogen and oxygen atoms in total. The Labute approximate surface area is 125 Å². The molecule has 1 saturated heterocycles. The molecule has 1 heterocycles. The first-order chi connectivity index (χ1) is 10.2. The molecule has 1 aromatic carbocycles. The highest BCUT2D eigenvalue weighted by Gasteiger charge is 2.35. The van der Waals surface area contributed by atoms with E-state index in [4.69, 9.17) is 4.74 Å². The first-order valence-corrected chi connectivity index (χ1v) is 7.71. The maximum absolute atomic E-state index is 12.7. The lowest BCUT2D eigenvalue weighted by Gasteiger charge is -2.24. The summed E-state index contributed by atoms with van der Waals surface area (Å²) in [4.78, 5) is 26.1. The molecule has 2 aliphatic rings. The average Bonchev–Trinajstić information content (AvgIpc) is 3.02. The lowest BCUT2D eigenvalue weighted by atomic mass is 9.90. The largest absolute Gasteiger partial charge is 0.467 e. The van der Waals surface area contributed by atoms with Crippen LogP contribution in [0.25, 0.3) is 0 Å². The van der Waals surface area contributed by atoms with E-state index in [1.807, 2.05) is 12.1 Å². The van der Waals surface area contributed by atoms with Crippen LogP contribution in [0.5, 0.6) is 0 Å². The summed E-state index contributed by atoms with van der Waals surface area (Å²) >= 11 is 0. The Morgan fingerprint density at radius 3 is 2.67 bits per heavy atom. The number of hydrogen-bond acceptors (Lipinski definition) is 3. The summed E-state index contributed by atoms with van der Waals surface area (Å²) in [6.07, 6.45) is 6.14. The Balaban J connectivity index is 1.83. The van der Waals surface area contributed by atoms with Crippen molar-refractivity contribution < 1.29 is 14.3 Å². The van der Waals surface area contributed by atoms with Gasteiger partial charge in [0.2, 0.25) is 0 Å². The van der Waals surface area contributed by atoms with Crippen molar-refractivity contribution in [2.75, 3.05) is 13.7 Å². The Morgan fingerprint density at radius 2 is 1.90 bits per heavy atom. The summed E-state index contributed by atoms with van der Waals surface area (Å²) in [5.41, 5.74) is 3.36. The van der Waals surface area contributed by atoms with Crippen LogP contribution in [0.1, 0.15) is 47.2 Å². The van der Waals surface area contributed by atoms with Gasteiger partial charge in [0.25, 0.3) is 5.91 Å². The minimum Gasteiger partial charge on any atom is -0.467 e. The zero-order valence-corrected chi connectivity index (χ0v) is 12.4. The standard InChI is InChI=1S/C17H21NO3/c1-21-17(20)15-7-4-10-18(15)16(19)14-9-8-12-5-2-3-6-13(12)11-14/h8-9,11,15H,2-7,10H2,1H3. The zero-order chi connectivity index (χ0) is 14.8. The lowest BCUT2D eigenvalue weighted by Crippen LogP contribution is -2.41. The van der Waals surface area contributed by atoms with Gasteiger partial charge < -0.3 is 9.64 Å². The van der Waals surface area contributed by atoms with Crippen molar-refractivity contribution in [1.29, 1.82) is 0 Å². The Kier molecular flexibility index (Phi) is 3.95. The number of likely N-dealkylation sites (tertiary alicyclic amines) is 1. The van der Waals surface area contributed by atoms with E-state index in [2.05, 4.69) is 6.07 Å².